The first-order valence-electron chi connectivity index (χ1n) is 6.70. The fourth-order valence-corrected chi connectivity index (χ4v) is 2.36. The van der Waals surface area contributed by atoms with Crippen LogP contribution in [0, 0.1) is 0 Å². The van der Waals surface area contributed by atoms with Gasteiger partial charge in [0, 0.05) is 25.7 Å². The number of carbonyl (C=O) groups is 1. The number of methoxy groups -OCH3 is 1. The molecule has 1 aromatic rings. The summed E-state index contributed by atoms with van der Waals surface area (Å²) in [5.41, 5.74) is 1.67. The third kappa shape index (κ3) is 3.55. The van der Waals surface area contributed by atoms with E-state index in [9.17, 15) is 4.79 Å². The van der Waals surface area contributed by atoms with Gasteiger partial charge in [-0.15, -0.1) is 0 Å². The van der Waals surface area contributed by atoms with Crippen LogP contribution in [0.5, 0.6) is 0 Å². The highest BCUT2D eigenvalue weighted by Gasteiger charge is 2.20. The molecule has 4 nitrogen and oxygen atoms in total. The number of esters is 1. The fourth-order valence-electron chi connectivity index (χ4n) is 2.36. The zero-order valence-corrected chi connectivity index (χ0v) is 11.6. The predicted molar refractivity (Wildman–Crippen MR) is 73.1 cm³/mol. The van der Waals surface area contributed by atoms with Crippen LogP contribution in [0.25, 0.3) is 0 Å². The number of hydrogen-bond donors (Lipinski definition) is 0. The summed E-state index contributed by atoms with van der Waals surface area (Å²) in [6.07, 6.45) is 1.03. The Bertz CT molecular complexity index is 433. The summed E-state index contributed by atoms with van der Waals surface area (Å²) in [5, 5.41) is 0. The summed E-state index contributed by atoms with van der Waals surface area (Å²) >= 11 is 0. The number of nitrogens with zero attached hydrogens (tertiary/aromatic N) is 1. The minimum absolute atomic E-state index is 0.269. The lowest BCUT2D eigenvalue weighted by Crippen LogP contribution is -2.33. The van der Waals surface area contributed by atoms with Crippen LogP contribution < -0.4 is 0 Å². The lowest BCUT2D eigenvalue weighted by Gasteiger charge is -2.26. The Morgan fingerprint density at radius 2 is 2.21 bits per heavy atom. The second-order valence-electron chi connectivity index (χ2n) is 4.87. The van der Waals surface area contributed by atoms with Gasteiger partial charge in [0.05, 0.1) is 19.3 Å². The molecule has 1 atom stereocenters. The molecule has 1 unspecified atom stereocenters. The molecule has 1 saturated heterocycles. The van der Waals surface area contributed by atoms with Gasteiger partial charge in [0.25, 0.3) is 0 Å². The molecule has 0 aromatic heterocycles. The largest absolute Gasteiger partial charge is 0.465 e. The SMILES string of the molecule is COC(=O)c1ccccc1CN1CCOCCC1C. The molecule has 0 N–H and O–H groups in total. The molecular formula is C15H21NO3. The molecule has 1 fully saturated rings. The maximum absolute atomic E-state index is 11.8. The van der Waals surface area contributed by atoms with Crippen molar-refractivity contribution in [2.75, 3.05) is 26.9 Å². The van der Waals surface area contributed by atoms with E-state index >= 15 is 0 Å². The average molecular weight is 263 g/mol. The Kier molecular flexibility index (Phi) is 4.93. The molecule has 0 saturated carbocycles. The van der Waals surface area contributed by atoms with Crippen LogP contribution in [0.3, 0.4) is 0 Å². The molecule has 19 heavy (non-hydrogen) atoms. The minimum Gasteiger partial charge on any atom is -0.465 e. The molecule has 0 amide bonds. The van der Waals surface area contributed by atoms with Gasteiger partial charge >= 0.3 is 5.97 Å². The minimum atomic E-state index is -0.269. The second kappa shape index (κ2) is 6.68. The van der Waals surface area contributed by atoms with Gasteiger partial charge in [-0.2, -0.15) is 0 Å². The van der Waals surface area contributed by atoms with Gasteiger partial charge in [-0.25, -0.2) is 4.79 Å². The summed E-state index contributed by atoms with van der Waals surface area (Å²) in [6, 6.07) is 8.10. The van der Waals surface area contributed by atoms with E-state index in [1.165, 1.54) is 7.11 Å². The van der Waals surface area contributed by atoms with Crippen LogP contribution in [0.2, 0.25) is 0 Å². The van der Waals surface area contributed by atoms with Gasteiger partial charge in [0.2, 0.25) is 0 Å². The van der Waals surface area contributed by atoms with E-state index < -0.39 is 0 Å². The quantitative estimate of drug-likeness (QED) is 0.783. The molecule has 1 aliphatic heterocycles. The van der Waals surface area contributed by atoms with Crippen LogP contribution >= 0.6 is 0 Å². The normalized spacial score (nSPS) is 20.8. The Morgan fingerprint density at radius 3 is 3.00 bits per heavy atom. The summed E-state index contributed by atoms with van der Waals surface area (Å²) < 4.78 is 10.3. The van der Waals surface area contributed by atoms with Crippen molar-refractivity contribution >= 4 is 5.97 Å². The highest BCUT2D eigenvalue weighted by molar-refractivity contribution is 5.90. The number of benzene rings is 1. The molecule has 0 radical (unpaired) electrons. The molecular weight excluding hydrogens is 242 g/mol. The third-order valence-corrected chi connectivity index (χ3v) is 3.62. The van der Waals surface area contributed by atoms with E-state index in [0.717, 1.165) is 38.3 Å². The standard InChI is InChI=1S/C15H21NO3/c1-12-7-9-19-10-8-16(12)11-13-5-3-4-6-14(13)15(17)18-2/h3-6,12H,7-11H2,1-2H3. The zero-order chi connectivity index (χ0) is 13.7. The van der Waals surface area contributed by atoms with E-state index in [1.807, 2.05) is 24.3 Å². The molecule has 1 aliphatic rings. The molecule has 1 aromatic carbocycles. The lowest BCUT2D eigenvalue weighted by molar-refractivity contribution is 0.0597. The van der Waals surface area contributed by atoms with Crippen molar-refractivity contribution in [1.29, 1.82) is 0 Å². The van der Waals surface area contributed by atoms with Crippen LogP contribution in [-0.4, -0.2) is 43.8 Å². The van der Waals surface area contributed by atoms with E-state index in [4.69, 9.17) is 9.47 Å². The van der Waals surface area contributed by atoms with Crippen molar-refractivity contribution in [3.63, 3.8) is 0 Å². The summed E-state index contributed by atoms with van der Waals surface area (Å²) in [5.74, 6) is -0.269. The summed E-state index contributed by atoms with van der Waals surface area (Å²) in [4.78, 5) is 14.1. The molecule has 0 aliphatic carbocycles. The van der Waals surface area contributed by atoms with E-state index in [0.29, 0.717) is 11.6 Å². The van der Waals surface area contributed by atoms with Crippen LogP contribution in [-0.2, 0) is 16.0 Å². The van der Waals surface area contributed by atoms with E-state index in [-0.39, 0.29) is 5.97 Å². The summed E-state index contributed by atoms with van der Waals surface area (Å²) in [6.45, 7) is 5.43. The Hall–Kier alpha value is -1.39. The Labute approximate surface area is 114 Å². The number of carbonyl (C=O) groups excluding carboxylic acids is 1. The van der Waals surface area contributed by atoms with Gasteiger partial charge in [-0.05, 0) is 25.0 Å². The highest BCUT2D eigenvalue weighted by atomic mass is 16.5. The Balaban J connectivity index is 2.15. The molecule has 4 heteroatoms. The van der Waals surface area contributed by atoms with Gasteiger partial charge < -0.3 is 9.47 Å². The van der Waals surface area contributed by atoms with Gasteiger partial charge in [0.1, 0.15) is 0 Å². The second-order valence-corrected chi connectivity index (χ2v) is 4.87. The highest BCUT2D eigenvalue weighted by Crippen LogP contribution is 2.17. The number of hydrogen-bond acceptors (Lipinski definition) is 4. The molecule has 104 valence electrons. The van der Waals surface area contributed by atoms with Crippen molar-refractivity contribution in [3.05, 3.63) is 35.4 Å². The lowest BCUT2D eigenvalue weighted by atomic mass is 10.1. The first kappa shape index (κ1) is 14.0. The third-order valence-electron chi connectivity index (χ3n) is 3.62. The van der Waals surface area contributed by atoms with Crippen molar-refractivity contribution in [2.45, 2.75) is 25.9 Å². The smallest absolute Gasteiger partial charge is 0.338 e. The van der Waals surface area contributed by atoms with E-state index in [2.05, 4.69) is 11.8 Å². The summed E-state index contributed by atoms with van der Waals surface area (Å²) in [7, 11) is 1.42. The Morgan fingerprint density at radius 1 is 1.42 bits per heavy atom. The van der Waals surface area contributed by atoms with Crippen LogP contribution in [0.1, 0.15) is 29.3 Å². The molecule has 0 bridgehead atoms. The molecule has 2 rings (SSSR count). The van der Waals surface area contributed by atoms with E-state index in [1.54, 1.807) is 0 Å². The average Bonchev–Trinajstić information content (AvgIpc) is 2.64. The van der Waals surface area contributed by atoms with Crippen molar-refractivity contribution < 1.29 is 14.3 Å². The first-order chi connectivity index (χ1) is 9.22. The predicted octanol–water partition coefficient (Wildman–Crippen LogP) is 2.08. The topological polar surface area (TPSA) is 38.8 Å². The van der Waals surface area contributed by atoms with Gasteiger partial charge in [0.15, 0.2) is 0 Å². The molecule has 1 heterocycles. The van der Waals surface area contributed by atoms with Crippen molar-refractivity contribution in [2.24, 2.45) is 0 Å². The first-order valence-corrected chi connectivity index (χ1v) is 6.70. The van der Waals surface area contributed by atoms with Crippen LogP contribution in [0.4, 0.5) is 0 Å². The van der Waals surface area contributed by atoms with Crippen LogP contribution in [0.15, 0.2) is 24.3 Å². The van der Waals surface area contributed by atoms with Gasteiger partial charge in [-0.1, -0.05) is 18.2 Å². The zero-order valence-electron chi connectivity index (χ0n) is 11.6. The fraction of sp³-hybridized carbons (Fsp3) is 0.533. The number of rotatable bonds is 3. The number of ether oxygens (including phenoxy) is 2. The maximum Gasteiger partial charge on any atom is 0.338 e. The van der Waals surface area contributed by atoms with Gasteiger partial charge in [-0.3, -0.25) is 4.90 Å². The monoisotopic (exact) mass is 263 g/mol. The van der Waals surface area contributed by atoms with Crippen molar-refractivity contribution in [1.82, 2.24) is 4.90 Å². The maximum atomic E-state index is 11.8. The molecule has 0 spiro atoms. The van der Waals surface area contributed by atoms with Crippen molar-refractivity contribution in [3.8, 4) is 0 Å².